The van der Waals surface area contributed by atoms with E-state index in [4.69, 9.17) is 27.9 Å². The molecule has 0 spiro atoms. The fourth-order valence-electron chi connectivity index (χ4n) is 2.98. The normalized spacial score (nSPS) is 18.5. The molecule has 6 heteroatoms. The number of amides is 1. The summed E-state index contributed by atoms with van der Waals surface area (Å²) in [7, 11) is 0. The minimum absolute atomic E-state index is 0.0635. The summed E-state index contributed by atoms with van der Waals surface area (Å²) in [6, 6.07) is 5.72. The van der Waals surface area contributed by atoms with Gasteiger partial charge in [-0.25, -0.2) is 0 Å². The molecule has 1 N–H and O–H groups in total. The van der Waals surface area contributed by atoms with Crippen LogP contribution in [0.15, 0.2) is 18.2 Å². The molecule has 0 saturated carbocycles. The summed E-state index contributed by atoms with van der Waals surface area (Å²) < 4.78 is 5.28. The second kappa shape index (κ2) is 10.2. The van der Waals surface area contributed by atoms with E-state index in [1.54, 1.807) is 0 Å². The van der Waals surface area contributed by atoms with E-state index in [1.165, 1.54) is 0 Å². The van der Waals surface area contributed by atoms with Crippen molar-refractivity contribution in [1.82, 2.24) is 10.2 Å². The van der Waals surface area contributed by atoms with Crippen molar-refractivity contribution >= 4 is 29.1 Å². The zero-order chi connectivity index (χ0) is 17.4. The van der Waals surface area contributed by atoms with Gasteiger partial charge in [0, 0.05) is 32.8 Å². The third kappa shape index (κ3) is 6.25. The Morgan fingerprint density at radius 1 is 1.38 bits per heavy atom. The molecule has 1 fully saturated rings. The first-order chi connectivity index (χ1) is 11.6. The van der Waals surface area contributed by atoms with Crippen LogP contribution >= 0.6 is 23.2 Å². The molecule has 1 heterocycles. The Balaban J connectivity index is 1.78. The number of nitrogens with zero attached hydrogens (tertiary/aromatic N) is 1. The zero-order valence-electron chi connectivity index (χ0n) is 14.2. The fourth-order valence-corrected chi connectivity index (χ4v) is 3.30. The predicted molar refractivity (Wildman–Crippen MR) is 98.6 cm³/mol. The smallest absolute Gasteiger partial charge is 0.224 e. The van der Waals surface area contributed by atoms with Crippen molar-refractivity contribution in [2.75, 3.05) is 32.8 Å². The van der Waals surface area contributed by atoms with Crippen LogP contribution in [-0.2, 0) is 16.1 Å². The van der Waals surface area contributed by atoms with Crippen LogP contribution in [0.1, 0.15) is 31.7 Å². The fraction of sp³-hybridized carbons (Fsp3) is 0.611. The Hall–Kier alpha value is -0.810. The molecule has 0 aliphatic carbocycles. The van der Waals surface area contributed by atoms with Crippen molar-refractivity contribution in [2.45, 2.75) is 32.7 Å². The summed E-state index contributed by atoms with van der Waals surface area (Å²) in [4.78, 5) is 14.6. The summed E-state index contributed by atoms with van der Waals surface area (Å²) in [6.07, 6.45) is 2.85. The first kappa shape index (κ1) is 19.5. The average molecular weight is 373 g/mol. The van der Waals surface area contributed by atoms with Gasteiger partial charge in [0.05, 0.1) is 16.0 Å². The van der Waals surface area contributed by atoms with Crippen molar-refractivity contribution in [1.29, 1.82) is 0 Å². The van der Waals surface area contributed by atoms with Gasteiger partial charge in [-0.15, -0.1) is 0 Å². The quantitative estimate of drug-likeness (QED) is 0.706. The van der Waals surface area contributed by atoms with E-state index in [2.05, 4.69) is 10.2 Å². The molecule has 1 aromatic rings. The Kier molecular flexibility index (Phi) is 8.33. The number of halogens is 2. The third-order valence-electron chi connectivity index (χ3n) is 4.24. The van der Waals surface area contributed by atoms with Crippen molar-refractivity contribution in [3.8, 4) is 0 Å². The average Bonchev–Trinajstić information content (AvgIpc) is 2.58. The number of carbonyl (C=O) groups is 1. The number of nitrogens with one attached hydrogen (secondary N) is 1. The second-order valence-corrected chi connectivity index (χ2v) is 6.98. The van der Waals surface area contributed by atoms with E-state index < -0.39 is 0 Å². The second-order valence-electron chi connectivity index (χ2n) is 6.16. The largest absolute Gasteiger partial charge is 0.382 e. The van der Waals surface area contributed by atoms with Crippen LogP contribution < -0.4 is 5.32 Å². The maximum atomic E-state index is 12.3. The van der Waals surface area contributed by atoms with Gasteiger partial charge in [-0.05, 0) is 50.4 Å². The van der Waals surface area contributed by atoms with Crippen LogP contribution in [0.4, 0.5) is 0 Å². The van der Waals surface area contributed by atoms with Crippen LogP contribution in [-0.4, -0.2) is 43.7 Å². The summed E-state index contributed by atoms with van der Waals surface area (Å²) in [5, 5.41) is 4.18. The Morgan fingerprint density at radius 3 is 2.96 bits per heavy atom. The molecule has 0 aromatic heterocycles. The van der Waals surface area contributed by atoms with Crippen LogP contribution in [0.5, 0.6) is 0 Å². The highest BCUT2D eigenvalue weighted by molar-refractivity contribution is 6.42. The van der Waals surface area contributed by atoms with Crippen molar-refractivity contribution in [3.63, 3.8) is 0 Å². The predicted octanol–water partition coefficient (Wildman–Crippen LogP) is 3.75. The van der Waals surface area contributed by atoms with Gasteiger partial charge in [0.15, 0.2) is 0 Å². The van der Waals surface area contributed by atoms with E-state index in [0.29, 0.717) is 23.2 Å². The lowest BCUT2D eigenvalue weighted by atomic mass is 9.96. The van der Waals surface area contributed by atoms with Crippen molar-refractivity contribution < 1.29 is 9.53 Å². The van der Waals surface area contributed by atoms with Crippen LogP contribution in [0.3, 0.4) is 0 Å². The van der Waals surface area contributed by atoms with Crippen molar-refractivity contribution in [3.05, 3.63) is 33.8 Å². The van der Waals surface area contributed by atoms with Crippen LogP contribution in [0, 0.1) is 5.92 Å². The molecule has 1 amide bonds. The highest BCUT2D eigenvalue weighted by atomic mass is 35.5. The van der Waals surface area contributed by atoms with E-state index in [1.807, 2.05) is 25.1 Å². The van der Waals surface area contributed by atoms with Crippen LogP contribution in [0.25, 0.3) is 0 Å². The van der Waals surface area contributed by atoms with Gasteiger partial charge in [-0.2, -0.15) is 0 Å². The molecule has 0 bridgehead atoms. The minimum Gasteiger partial charge on any atom is -0.382 e. The lowest BCUT2D eigenvalue weighted by molar-refractivity contribution is -0.126. The van der Waals surface area contributed by atoms with Gasteiger partial charge >= 0.3 is 0 Å². The SMILES string of the molecule is CCOCCCNC(=O)C1CCCN(Cc2ccc(Cl)c(Cl)c2)C1. The van der Waals surface area contributed by atoms with Gasteiger partial charge in [0.25, 0.3) is 0 Å². The number of piperidine rings is 1. The number of benzene rings is 1. The van der Waals surface area contributed by atoms with E-state index in [9.17, 15) is 4.79 Å². The molecule has 1 unspecified atom stereocenters. The molecule has 2 rings (SSSR count). The molecule has 1 aliphatic rings. The lowest BCUT2D eigenvalue weighted by Gasteiger charge is -2.32. The highest BCUT2D eigenvalue weighted by Crippen LogP contribution is 2.24. The maximum absolute atomic E-state index is 12.3. The molecule has 0 radical (unpaired) electrons. The number of rotatable bonds is 8. The molecule has 1 saturated heterocycles. The molecular weight excluding hydrogens is 347 g/mol. The number of likely N-dealkylation sites (tertiary alicyclic amines) is 1. The molecule has 24 heavy (non-hydrogen) atoms. The molecule has 1 aromatic carbocycles. The maximum Gasteiger partial charge on any atom is 0.224 e. The number of hydrogen-bond donors (Lipinski definition) is 1. The number of carbonyl (C=O) groups excluding carboxylic acids is 1. The monoisotopic (exact) mass is 372 g/mol. The first-order valence-electron chi connectivity index (χ1n) is 8.62. The van der Waals surface area contributed by atoms with Gasteiger partial charge in [-0.1, -0.05) is 29.3 Å². The van der Waals surface area contributed by atoms with E-state index in [-0.39, 0.29) is 11.8 Å². The third-order valence-corrected chi connectivity index (χ3v) is 4.97. The molecular formula is C18H26Cl2N2O2. The van der Waals surface area contributed by atoms with Gasteiger partial charge in [0.2, 0.25) is 5.91 Å². The topological polar surface area (TPSA) is 41.6 Å². The molecule has 1 atom stereocenters. The van der Waals surface area contributed by atoms with Gasteiger partial charge in [0.1, 0.15) is 0 Å². The van der Waals surface area contributed by atoms with Crippen LogP contribution in [0.2, 0.25) is 10.0 Å². The summed E-state index contributed by atoms with van der Waals surface area (Å²) in [6.45, 7) is 6.67. The molecule has 4 nitrogen and oxygen atoms in total. The Bertz CT molecular complexity index is 540. The van der Waals surface area contributed by atoms with E-state index in [0.717, 1.165) is 51.1 Å². The van der Waals surface area contributed by atoms with Gasteiger partial charge < -0.3 is 10.1 Å². The summed E-state index contributed by atoms with van der Waals surface area (Å²) in [5.41, 5.74) is 1.13. The Labute approximate surface area is 154 Å². The van der Waals surface area contributed by atoms with Crippen molar-refractivity contribution in [2.24, 2.45) is 5.92 Å². The molecule has 1 aliphatic heterocycles. The molecule has 134 valence electrons. The Morgan fingerprint density at radius 2 is 2.21 bits per heavy atom. The lowest BCUT2D eigenvalue weighted by Crippen LogP contribution is -2.43. The first-order valence-corrected chi connectivity index (χ1v) is 9.37. The zero-order valence-corrected chi connectivity index (χ0v) is 15.7. The summed E-state index contributed by atoms with van der Waals surface area (Å²) >= 11 is 12.0. The van der Waals surface area contributed by atoms with Gasteiger partial charge in [-0.3, -0.25) is 9.69 Å². The number of hydrogen-bond acceptors (Lipinski definition) is 3. The number of ether oxygens (including phenoxy) is 1. The standard InChI is InChI=1S/C18H26Cl2N2O2/c1-2-24-10-4-8-21-18(23)15-5-3-9-22(13-15)12-14-6-7-16(19)17(20)11-14/h6-7,11,15H,2-5,8-10,12-13H2,1H3,(H,21,23). The summed E-state index contributed by atoms with van der Waals surface area (Å²) in [5.74, 6) is 0.221. The highest BCUT2D eigenvalue weighted by Gasteiger charge is 2.25. The minimum atomic E-state index is 0.0635. The van der Waals surface area contributed by atoms with E-state index >= 15 is 0 Å².